The molecule has 0 aromatic carbocycles. The van der Waals surface area contributed by atoms with E-state index in [9.17, 15) is 0 Å². The predicted octanol–water partition coefficient (Wildman–Crippen LogP) is 1.22. The Labute approximate surface area is 152 Å². The molecule has 1 atom stereocenters. The van der Waals surface area contributed by atoms with Gasteiger partial charge < -0.3 is 19.4 Å². The fourth-order valence-corrected chi connectivity index (χ4v) is 4.49. The SMILES string of the molecule is [B]N1CCN(CC(C)(C)CC(C)(CC)CN2CCN([B])CC2)CC1. The van der Waals surface area contributed by atoms with Crippen LogP contribution in [0.4, 0.5) is 0 Å². The Morgan fingerprint density at radius 3 is 1.54 bits per heavy atom. The van der Waals surface area contributed by atoms with E-state index < -0.39 is 0 Å². The van der Waals surface area contributed by atoms with Gasteiger partial charge in [0.1, 0.15) is 0 Å². The molecule has 2 aliphatic rings. The van der Waals surface area contributed by atoms with Crippen LogP contribution in [0.3, 0.4) is 0 Å². The lowest BCUT2D eigenvalue weighted by molar-refractivity contribution is 0.0571. The maximum Gasteiger partial charge on any atom is 0.182 e. The lowest BCUT2D eigenvalue weighted by Gasteiger charge is -2.45. The molecule has 134 valence electrons. The van der Waals surface area contributed by atoms with Gasteiger partial charge >= 0.3 is 0 Å². The molecule has 0 bridgehead atoms. The van der Waals surface area contributed by atoms with E-state index in [0.717, 1.165) is 52.4 Å². The van der Waals surface area contributed by atoms with Crippen LogP contribution in [0, 0.1) is 10.8 Å². The minimum absolute atomic E-state index is 0.331. The van der Waals surface area contributed by atoms with Gasteiger partial charge in [-0.3, -0.25) is 0 Å². The van der Waals surface area contributed by atoms with Crippen LogP contribution >= 0.6 is 0 Å². The van der Waals surface area contributed by atoms with E-state index in [-0.39, 0.29) is 0 Å². The Kier molecular flexibility index (Phi) is 7.24. The van der Waals surface area contributed by atoms with Crippen LogP contribution in [0.25, 0.3) is 0 Å². The molecule has 0 aliphatic carbocycles. The summed E-state index contributed by atoms with van der Waals surface area (Å²) in [7, 11) is 11.8. The highest BCUT2D eigenvalue weighted by atomic mass is 15.2. The first kappa shape index (κ1) is 20.3. The summed E-state index contributed by atoms with van der Waals surface area (Å²) in [5.41, 5.74) is 0.702. The molecule has 2 saturated heterocycles. The molecule has 2 fully saturated rings. The van der Waals surface area contributed by atoms with Crippen molar-refractivity contribution >= 4 is 16.0 Å². The van der Waals surface area contributed by atoms with E-state index in [4.69, 9.17) is 16.0 Å². The average molecular weight is 330 g/mol. The topological polar surface area (TPSA) is 13.0 Å². The zero-order valence-electron chi connectivity index (χ0n) is 16.4. The molecular weight excluding hydrogens is 294 g/mol. The second kappa shape index (κ2) is 8.57. The Morgan fingerprint density at radius 2 is 1.12 bits per heavy atom. The molecule has 0 spiro atoms. The number of piperazine rings is 2. The molecule has 0 amide bonds. The van der Waals surface area contributed by atoms with Gasteiger partial charge in [-0.25, -0.2) is 0 Å². The van der Waals surface area contributed by atoms with Crippen LogP contribution in [-0.4, -0.2) is 101 Å². The van der Waals surface area contributed by atoms with Gasteiger partial charge in [0.05, 0.1) is 0 Å². The van der Waals surface area contributed by atoms with Gasteiger partial charge in [0.15, 0.2) is 16.0 Å². The molecule has 4 radical (unpaired) electrons. The first-order chi connectivity index (χ1) is 11.2. The fourth-order valence-electron chi connectivity index (χ4n) is 4.49. The number of hydrogen-bond acceptors (Lipinski definition) is 4. The summed E-state index contributed by atoms with van der Waals surface area (Å²) in [5, 5.41) is 0. The maximum atomic E-state index is 5.90. The van der Waals surface area contributed by atoms with Gasteiger partial charge in [0.2, 0.25) is 0 Å². The largest absolute Gasteiger partial charge is 0.351 e. The van der Waals surface area contributed by atoms with Gasteiger partial charge in [0.25, 0.3) is 0 Å². The van der Waals surface area contributed by atoms with E-state index in [0.29, 0.717) is 10.8 Å². The zero-order chi connectivity index (χ0) is 17.8. The van der Waals surface area contributed by atoms with Crippen LogP contribution < -0.4 is 0 Å². The van der Waals surface area contributed by atoms with Gasteiger partial charge in [-0.1, -0.05) is 27.7 Å². The van der Waals surface area contributed by atoms with Crippen molar-refractivity contribution in [2.24, 2.45) is 10.8 Å². The highest BCUT2D eigenvalue weighted by Gasteiger charge is 2.34. The molecule has 0 N–H and O–H groups in total. The number of rotatable bonds is 7. The van der Waals surface area contributed by atoms with Crippen molar-refractivity contribution in [1.82, 2.24) is 19.4 Å². The second-order valence-corrected chi connectivity index (χ2v) is 9.13. The summed E-state index contributed by atoms with van der Waals surface area (Å²) in [5.74, 6) is 0. The third-order valence-electron chi connectivity index (χ3n) is 5.83. The summed E-state index contributed by atoms with van der Waals surface area (Å²) in [6, 6.07) is 0. The lowest BCUT2D eigenvalue weighted by atomic mass is 9.71. The Bertz CT molecular complexity index is 377. The van der Waals surface area contributed by atoms with Crippen LogP contribution in [0.2, 0.25) is 0 Å². The average Bonchev–Trinajstić information content (AvgIpc) is 2.51. The van der Waals surface area contributed by atoms with Crippen LogP contribution in [-0.2, 0) is 0 Å². The fraction of sp³-hybridized carbons (Fsp3) is 1.00. The highest BCUT2D eigenvalue weighted by Crippen LogP contribution is 2.38. The summed E-state index contributed by atoms with van der Waals surface area (Å²) < 4.78 is 0. The monoisotopic (exact) mass is 330 g/mol. The minimum Gasteiger partial charge on any atom is -0.351 e. The third kappa shape index (κ3) is 6.36. The van der Waals surface area contributed by atoms with Crippen LogP contribution in [0.1, 0.15) is 40.5 Å². The second-order valence-electron chi connectivity index (χ2n) is 9.13. The summed E-state index contributed by atoms with van der Waals surface area (Å²) in [4.78, 5) is 9.08. The molecular formula is C18H36B2N4. The first-order valence-corrected chi connectivity index (χ1v) is 9.65. The smallest absolute Gasteiger partial charge is 0.182 e. The summed E-state index contributed by atoms with van der Waals surface area (Å²) in [6.45, 7) is 20.4. The Balaban J connectivity index is 1.86. The van der Waals surface area contributed by atoms with E-state index in [1.807, 2.05) is 9.62 Å². The number of hydrogen-bond donors (Lipinski definition) is 0. The third-order valence-corrected chi connectivity index (χ3v) is 5.83. The Morgan fingerprint density at radius 1 is 0.708 bits per heavy atom. The van der Waals surface area contributed by atoms with E-state index in [2.05, 4.69) is 37.5 Å². The quantitative estimate of drug-likeness (QED) is 0.651. The van der Waals surface area contributed by atoms with Gasteiger partial charge in [-0.05, 0) is 49.9 Å². The van der Waals surface area contributed by atoms with Crippen molar-refractivity contribution < 1.29 is 0 Å². The molecule has 6 heteroatoms. The van der Waals surface area contributed by atoms with Crippen LogP contribution in [0.15, 0.2) is 0 Å². The van der Waals surface area contributed by atoms with Crippen molar-refractivity contribution in [2.75, 3.05) is 65.4 Å². The van der Waals surface area contributed by atoms with E-state index in [1.165, 1.54) is 25.9 Å². The van der Waals surface area contributed by atoms with E-state index in [1.54, 1.807) is 0 Å². The van der Waals surface area contributed by atoms with Gasteiger partial charge in [-0.15, -0.1) is 0 Å². The summed E-state index contributed by atoms with van der Waals surface area (Å²) >= 11 is 0. The number of nitrogens with zero attached hydrogens (tertiary/aromatic N) is 4. The van der Waals surface area contributed by atoms with Gasteiger partial charge in [0, 0.05) is 39.3 Å². The van der Waals surface area contributed by atoms with Crippen LogP contribution in [0.5, 0.6) is 0 Å². The van der Waals surface area contributed by atoms with Gasteiger partial charge in [-0.2, -0.15) is 0 Å². The molecule has 0 aromatic rings. The lowest BCUT2D eigenvalue weighted by Crippen LogP contribution is -2.51. The molecule has 2 heterocycles. The van der Waals surface area contributed by atoms with Crippen molar-refractivity contribution in [3.05, 3.63) is 0 Å². The molecule has 24 heavy (non-hydrogen) atoms. The molecule has 2 aliphatic heterocycles. The van der Waals surface area contributed by atoms with Crippen molar-refractivity contribution in [3.8, 4) is 0 Å². The zero-order valence-corrected chi connectivity index (χ0v) is 16.4. The predicted molar refractivity (Wildman–Crippen MR) is 104 cm³/mol. The first-order valence-electron chi connectivity index (χ1n) is 9.65. The van der Waals surface area contributed by atoms with E-state index >= 15 is 0 Å². The molecule has 1 unspecified atom stereocenters. The molecule has 2 rings (SSSR count). The molecule has 4 nitrogen and oxygen atoms in total. The van der Waals surface area contributed by atoms with Crippen molar-refractivity contribution in [1.29, 1.82) is 0 Å². The Hall–Kier alpha value is -0.0301. The normalized spacial score (nSPS) is 25.7. The minimum atomic E-state index is 0.331. The summed E-state index contributed by atoms with van der Waals surface area (Å²) in [6.07, 6.45) is 2.50. The molecule has 0 saturated carbocycles. The van der Waals surface area contributed by atoms with Crippen molar-refractivity contribution in [3.63, 3.8) is 0 Å². The van der Waals surface area contributed by atoms with Crippen molar-refractivity contribution in [2.45, 2.75) is 40.5 Å². The highest BCUT2D eigenvalue weighted by molar-refractivity contribution is 6.04. The molecule has 0 aromatic heterocycles. The maximum absolute atomic E-state index is 5.90. The standard InChI is InChI=1S/C18H36B2N4/c1-5-18(4,16-22-8-12-24(20)13-9-22)14-17(2,3)15-21-6-10-23(19)11-7-21/h5-16H2,1-4H3.